The fraction of sp³-hybridized carbons (Fsp3) is 0.200. The third-order valence-corrected chi connectivity index (χ3v) is 6.71. The quantitative estimate of drug-likeness (QED) is 0.394. The van der Waals surface area contributed by atoms with Crippen LogP contribution in [0, 0.1) is 5.92 Å². The van der Waals surface area contributed by atoms with Crippen LogP contribution in [0.3, 0.4) is 0 Å². The summed E-state index contributed by atoms with van der Waals surface area (Å²) in [5.74, 6) is 0.272. The van der Waals surface area contributed by atoms with Crippen LogP contribution in [0.1, 0.15) is 36.6 Å². The summed E-state index contributed by atoms with van der Waals surface area (Å²) in [6, 6.07) is 29.9. The first-order valence-corrected chi connectivity index (χ1v) is 11.1. The fourth-order valence-electron chi connectivity index (χ4n) is 4.14. The van der Waals surface area contributed by atoms with Gasteiger partial charge in [-0.05, 0) is 23.3 Å². The molecule has 3 atom stereocenters. The van der Waals surface area contributed by atoms with Crippen molar-refractivity contribution in [2.75, 3.05) is 5.43 Å². The third-order valence-electron chi connectivity index (χ3n) is 5.77. The number of anilines is 1. The Morgan fingerprint density at radius 1 is 0.900 bits per heavy atom. The molecular weight excluding hydrogens is 388 g/mol. The van der Waals surface area contributed by atoms with E-state index in [0.717, 1.165) is 22.8 Å². The average Bonchev–Trinajstić information content (AvgIpc) is 3.22. The SMILES string of the molecule is CC1/C(=N/Nc2nc3ccccc3s2)CC(c2ccccc2)NC1c1ccccc1. The Labute approximate surface area is 180 Å². The van der Waals surface area contributed by atoms with Gasteiger partial charge in [-0.1, -0.05) is 91.1 Å². The molecule has 0 amide bonds. The van der Waals surface area contributed by atoms with Gasteiger partial charge in [-0.2, -0.15) is 5.10 Å². The van der Waals surface area contributed by atoms with E-state index >= 15 is 0 Å². The van der Waals surface area contributed by atoms with E-state index in [-0.39, 0.29) is 18.0 Å². The molecule has 1 fully saturated rings. The number of para-hydroxylation sites is 1. The van der Waals surface area contributed by atoms with Crippen molar-refractivity contribution >= 4 is 32.4 Å². The van der Waals surface area contributed by atoms with E-state index in [2.05, 4.69) is 89.4 Å². The van der Waals surface area contributed by atoms with Gasteiger partial charge >= 0.3 is 0 Å². The number of nitrogens with one attached hydrogen (secondary N) is 2. The number of rotatable bonds is 4. The lowest BCUT2D eigenvalue weighted by molar-refractivity contribution is 0.364. The van der Waals surface area contributed by atoms with Crippen LogP contribution >= 0.6 is 11.3 Å². The van der Waals surface area contributed by atoms with E-state index in [1.807, 2.05) is 18.2 Å². The molecule has 0 radical (unpaired) electrons. The molecule has 0 spiro atoms. The maximum Gasteiger partial charge on any atom is 0.204 e. The molecule has 0 bridgehead atoms. The lowest BCUT2D eigenvalue weighted by Crippen LogP contribution is -2.41. The van der Waals surface area contributed by atoms with Crippen LogP contribution in [0.5, 0.6) is 0 Å². The average molecular weight is 413 g/mol. The molecule has 4 aromatic rings. The Morgan fingerprint density at radius 3 is 2.30 bits per heavy atom. The Bertz CT molecular complexity index is 1120. The van der Waals surface area contributed by atoms with E-state index in [1.54, 1.807) is 11.3 Å². The summed E-state index contributed by atoms with van der Waals surface area (Å²) in [5.41, 5.74) is 8.00. The first-order chi connectivity index (χ1) is 14.8. The normalized spacial score (nSPS) is 23.0. The molecule has 3 aromatic carbocycles. The van der Waals surface area contributed by atoms with E-state index in [1.165, 1.54) is 15.8 Å². The summed E-state index contributed by atoms with van der Waals surface area (Å²) in [7, 11) is 0. The van der Waals surface area contributed by atoms with Crippen molar-refractivity contribution in [2.24, 2.45) is 11.0 Å². The summed E-state index contributed by atoms with van der Waals surface area (Å²) in [4.78, 5) is 4.66. The lowest BCUT2D eigenvalue weighted by Gasteiger charge is -2.37. The van der Waals surface area contributed by atoms with Crippen molar-refractivity contribution in [3.63, 3.8) is 0 Å². The second-order valence-corrected chi connectivity index (χ2v) is 8.74. The van der Waals surface area contributed by atoms with Crippen molar-refractivity contribution in [3.05, 3.63) is 96.1 Å². The van der Waals surface area contributed by atoms with E-state index in [9.17, 15) is 0 Å². The van der Waals surface area contributed by atoms with Gasteiger partial charge in [0.25, 0.3) is 0 Å². The zero-order valence-corrected chi connectivity index (χ0v) is 17.6. The first kappa shape index (κ1) is 19.0. The van der Waals surface area contributed by atoms with Crippen molar-refractivity contribution in [1.29, 1.82) is 0 Å². The number of hydrazone groups is 1. The molecule has 5 heteroatoms. The van der Waals surface area contributed by atoms with Crippen molar-refractivity contribution < 1.29 is 0 Å². The molecular formula is C25H24N4S. The predicted molar refractivity (Wildman–Crippen MR) is 126 cm³/mol. The number of thiazole rings is 1. The monoisotopic (exact) mass is 412 g/mol. The van der Waals surface area contributed by atoms with Gasteiger partial charge < -0.3 is 5.32 Å². The van der Waals surface area contributed by atoms with Crippen LogP contribution in [0.4, 0.5) is 5.13 Å². The largest absolute Gasteiger partial charge is 0.302 e. The Kier molecular flexibility index (Phi) is 5.30. The molecule has 3 unspecified atom stereocenters. The third kappa shape index (κ3) is 3.86. The molecule has 2 N–H and O–H groups in total. The molecule has 1 saturated heterocycles. The number of aromatic nitrogens is 1. The smallest absolute Gasteiger partial charge is 0.204 e. The molecule has 0 aliphatic carbocycles. The van der Waals surface area contributed by atoms with Crippen molar-refractivity contribution in [1.82, 2.24) is 10.3 Å². The molecule has 0 saturated carbocycles. The van der Waals surface area contributed by atoms with Gasteiger partial charge in [-0.25, -0.2) is 4.98 Å². The second-order valence-electron chi connectivity index (χ2n) is 7.71. The number of piperidine rings is 1. The highest BCUT2D eigenvalue weighted by Gasteiger charge is 2.33. The summed E-state index contributed by atoms with van der Waals surface area (Å²) in [6.07, 6.45) is 0.867. The predicted octanol–water partition coefficient (Wildman–Crippen LogP) is 6.18. The lowest BCUT2D eigenvalue weighted by atomic mass is 9.81. The number of hydrogen-bond donors (Lipinski definition) is 2. The molecule has 1 aliphatic rings. The van der Waals surface area contributed by atoms with Gasteiger partial charge in [0.15, 0.2) is 0 Å². The van der Waals surface area contributed by atoms with Gasteiger partial charge in [0.05, 0.1) is 10.2 Å². The van der Waals surface area contributed by atoms with Gasteiger partial charge in [0.2, 0.25) is 5.13 Å². The maximum atomic E-state index is 4.86. The minimum atomic E-state index is 0.209. The summed E-state index contributed by atoms with van der Waals surface area (Å²) in [5, 5.41) is 9.55. The molecule has 30 heavy (non-hydrogen) atoms. The minimum absolute atomic E-state index is 0.209. The van der Waals surface area contributed by atoms with Gasteiger partial charge in [-0.15, -0.1) is 0 Å². The van der Waals surface area contributed by atoms with Crippen molar-refractivity contribution in [2.45, 2.75) is 25.4 Å². The summed E-state index contributed by atoms with van der Waals surface area (Å²) in [6.45, 7) is 2.25. The van der Waals surface area contributed by atoms with Gasteiger partial charge in [-0.3, -0.25) is 5.43 Å². The molecule has 1 aliphatic heterocycles. The van der Waals surface area contributed by atoms with Crippen LogP contribution in [-0.4, -0.2) is 10.7 Å². The molecule has 5 rings (SSSR count). The van der Waals surface area contributed by atoms with Crippen LogP contribution in [0.2, 0.25) is 0 Å². The highest BCUT2D eigenvalue weighted by molar-refractivity contribution is 7.22. The highest BCUT2D eigenvalue weighted by atomic mass is 32.1. The number of hydrogen-bond acceptors (Lipinski definition) is 5. The summed E-state index contributed by atoms with van der Waals surface area (Å²) >= 11 is 1.64. The van der Waals surface area contributed by atoms with Crippen LogP contribution in [0.25, 0.3) is 10.2 Å². The Balaban J connectivity index is 1.46. The maximum absolute atomic E-state index is 4.86. The van der Waals surface area contributed by atoms with E-state index in [4.69, 9.17) is 5.10 Å². The second kappa shape index (κ2) is 8.38. The number of benzene rings is 3. The van der Waals surface area contributed by atoms with E-state index < -0.39 is 0 Å². The van der Waals surface area contributed by atoms with E-state index in [0.29, 0.717) is 0 Å². The number of nitrogens with zero attached hydrogens (tertiary/aromatic N) is 2. The number of fused-ring (bicyclic) bond motifs is 1. The molecule has 150 valence electrons. The van der Waals surface area contributed by atoms with Gasteiger partial charge in [0.1, 0.15) is 0 Å². The summed E-state index contributed by atoms with van der Waals surface area (Å²) < 4.78 is 1.17. The zero-order chi connectivity index (χ0) is 20.3. The topological polar surface area (TPSA) is 49.3 Å². The highest BCUT2D eigenvalue weighted by Crippen LogP contribution is 2.35. The first-order valence-electron chi connectivity index (χ1n) is 10.3. The molecule has 1 aromatic heterocycles. The van der Waals surface area contributed by atoms with Gasteiger partial charge in [0, 0.05) is 30.1 Å². The van der Waals surface area contributed by atoms with Crippen LogP contribution in [-0.2, 0) is 0 Å². The van der Waals surface area contributed by atoms with Crippen LogP contribution < -0.4 is 10.7 Å². The molecule has 4 nitrogen and oxygen atoms in total. The van der Waals surface area contributed by atoms with Crippen molar-refractivity contribution in [3.8, 4) is 0 Å². The Hall–Kier alpha value is -3.02. The Morgan fingerprint density at radius 2 is 1.57 bits per heavy atom. The molecule has 2 heterocycles. The fourth-order valence-corrected chi connectivity index (χ4v) is 4.95. The zero-order valence-electron chi connectivity index (χ0n) is 16.8. The minimum Gasteiger partial charge on any atom is -0.302 e. The standard InChI is InChI=1S/C25H24N4S/c1-17-21(28-29-25-27-20-14-8-9-15-23(20)30-25)16-22(18-10-4-2-5-11-18)26-24(17)19-12-6-3-7-13-19/h2-15,17,22,24,26H,16H2,1H3,(H,27,29)/b28-21+. The van der Waals surface area contributed by atoms with Crippen LogP contribution in [0.15, 0.2) is 90.0 Å².